The van der Waals surface area contributed by atoms with Gasteiger partial charge in [0, 0.05) is 5.39 Å². The molecule has 0 aliphatic heterocycles. The second-order valence-electron chi connectivity index (χ2n) is 4.31. The lowest BCUT2D eigenvalue weighted by Gasteiger charge is -2.04. The number of benzene rings is 3. The van der Waals surface area contributed by atoms with Crippen LogP contribution in [0.2, 0.25) is 0 Å². The maximum atomic E-state index is 5.74. The summed E-state index contributed by atoms with van der Waals surface area (Å²) in [6.45, 7) is 0. The zero-order chi connectivity index (χ0) is 12.9. The zero-order valence-corrected chi connectivity index (χ0v) is 10.5. The molecular weight excluding hydrogens is 232 g/mol. The lowest BCUT2D eigenvalue weighted by Crippen LogP contribution is -1.84. The molecule has 0 spiro atoms. The highest BCUT2D eigenvalue weighted by atomic mass is 16.5. The van der Waals surface area contributed by atoms with Gasteiger partial charge in [-0.3, -0.25) is 0 Å². The zero-order valence-electron chi connectivity index (χ0n) is 10.5. The van der Waals surface area contributed by atoms with Gasteiger partial charge in [-0.15, -0.1) is 0 Å². The SMILES string of the molecule is C(=Cc1ccccc1)Oc1cccc2ccccc12. The Morgan fingerprint density at radius 3 is 2.32 bits per heavy atom. The molecule has 0 aliphatic rings. The van der Waals surface area contributed by atoms with E-state index in [2.05, 4.69) is 18.2 Å². The molecule has 0 aliphatic carbocycles. The van der Waals surface area contributed by atoms with Crippen molar-refractivity contribution in [3.8, 4) is 5.75 Å². The van der Waals surface area contributed by atoms with Gasteiger partial charge in [0.2, 0.25) is 0 Å². The first-order chi connectivity index (χ1) is 9.43. The molecule has 3 aromatic carbocycles. The first kappa shape index (κ1) is 11.5. The summed E-state index contributed by atoms with van der Waals surface area (Å²) in [5.74, 6) is 0.880. The van der Waals surface area contributed by atoms with Crippen molar-refractivity contribution in [2.75, 3.05) is 0 Å². The largest absolute Gasteiger partial charge is 0.464 e. The Morgan fingerprint density at radius 2 is 1.42 bits per heavy atom. The second kappa shape index (κ2) is 5.40. The van der Waals surface area contributed by atoms with Crippen LogP contribution >= 0.6 is 0 Å². The summed E-state index contributed by atoms with van der Waals surface area (Å²) in [5, 5.41) is 2.32. The quantitative estimate of drug-likeness (QED) is 0.598. The van der Waals surface area contributed by atoms with Crippen molar-refractivity contribution in [2.24, 2.45) is 0 Å². The fourth-order valence-corrected chi connectivity index (χ4v) is 2.05. The molecule has 0 bridgehead atoms. The predicted octanol–water partition coefficient (Wildman–Crippen LogP) is 4.89. The maximum Gasteiger partial charge on any atom is 0.134 e. The van der Waals surface area contributed by atoms with Gasteiger partial charge in [0.25, 0.3) is 0 Å². The first-order valence-electron chi connectivity index (χ1n) is 6.29. The van der Waals surface area contributed by atoms with Gasteiger partial charge in [-0.25, -0.2) is 0 Å². The normalized spacial score (nSPS) is 10.9. The number of ether oxygens (including phenoxy) is 1. The lowest BCUT2D eigenvalue weighted by molar-refractivity contribution is 0.491. The number of hydrogen-bond acceptors (Lipinski definition) is 1. The summed E-state index contributed by atoms with van der Waals surface area (Å²) in [5.41, 5.74) is 1.13. The molecule has 0 saturated carbocycles. The van der Waals surface area contributed by atoms with Crippen LogP contribution in [0.4, 0.5) is 0 Å². The average molecular weight is 246 g/mol. The van der Waals surface area contributed by atoms with Crippen LogP contribution < -0.4 is 4.74 Å². The van der Waals surface area contributed by atoms with Crippen LogP contribution in [-0.2, 0) is 0 Å². The van der Waals surface area contributed by atoms with E-state index in [1.165, 1.54) is 5.39 Å². The minimum atomic E-state index is 0.880. The molecule has 0 aromatic heterocycles. The van der Waals surface area contributed by atoms with Gasteiger partial charge in [-0.05, 0) is 23.1 Å². The van der Waals surface area contributed by atoms with Gasteiger partial charge in [0.1, 0.15) is 5.75 Å². The van der Waals surface area contributed by atoms with Gasteiger partial charge in [-0.2, -0.15) is 0 Å². The average Bonchev–Trinajstić information content (AvgIpc) is 2.49. The topological polar surface area (TPSA) is 9.23 Å². The van der Waals surface area contributed by atoms with Gasteiger partial charge in [0.15, 0.2) is 0 Å². The van der Waals surface area contributed by atoms with Crippen LogP contribution in [0.15, 0.2) is 79.1 Å². The lowest BCUT2D eigenvalue weighted by atomic mass is 10.1. The summed E-state index contributed by atoms with van der Waals surface area (Å²) in [6.07, 6.45) is 3.69. The third-order valence-electron chi connectivity index (χ3n) is 3.00. The Labute approximate surface area is 112 Å². The maximum absolute atomic E-state index is 5.74. The molecule has 0 fully saturated rings. The molecule has 0 heterocycles. The van der Waals surface area contributed by atoms with E-state index in [1.54, 1.807) is 6.26 Å². The van der Waals surface area contributed by atoms with Crippen LogP contribution in [0.3, 0.4) is 0 Å². The van der Waals surface area contributed by atoms with E-state index in [1.807, 2.05) is 60.7 Å². The summed E-state index contributed by atoms with van der Waals surface area (Å²) < 4.78 is 5.74. The molecule has 0 N–H and O–H groups in total. The van der Waals surface area contributed by atoms with Crippen LogP contribution in [0.5, 0.6) is 5.75 Å². The molecule has 0 saturated heterocycles. The van der Waals surface area contributed by atoms with Crippen LogP contribution in [0.25, 0.3) is 16.8 Å². The standard InChI is InChI=1S/C18H14O/c1-2-7-15(8-3-1)13-14-19-18-12-6-10-16-9-4-5-11-17(16)18/h1-14H. The highest BCUT2D eigenvalue weighted by Gasteiger charge is 1.98. The Kier molecular flexibility index (Phi) is 3.28. The van der Waals surface area contributed by atoms with Crippen molar-refractivity contribution >= 4 is 16.8 Å². The molecule has 0 unspecified atom stereocenters. The second-order valence-corrected chi connectivity index (χ2v) is 4.31. The van der Waals surface area contributed by atoms with Crippen LogP contribution in [0.1, 0.15) is 5.56 Å². The van der Waals surface area contributed by atoms with E-state index in [0.717, 1.165) is 16.7 Å². The van der Waals surface area contributed by atoms with Gasteiger partial charge in [-0.1, -0.05) is 66.7 Å². The van der Waals surface area contributed by atoms with E-state index in [9.17, 15) is 0 Å². The highest BCUT2D eigenvalue weighted by molar-refractivity contribution is 5.88. The van der Waals surface area contributed by atoms with E-state index < -0.39 is 0 Å². The molecular formula is C18H14O. The molecule has 3 aromatic rings. The molecule has 1 nitrogen and oxygen atoms in total. The summed E-state index contributed by atoms with van der Waals surface area (Å²) in [6, 6.07) is 24.4. The Bertz CT molecular complexity index is 694. The minimum absolute atomic E-state index is 0.880. The summed E-state index contributed by atoms with van der Waals surface area (Å²) in [7, 11) is 0. The van der Waals surface area contributed by atoms with Gasteiger partial charge < -0.3 is 4.74 Å². The smallest absolute Gasteiger partial charge is 0.134 e. The number of hydrogen-bond donors (Lipinski definition) is 0. The van der Waals surface area contributed by atoms with Crippen LogP contribution in [-0.4, -0.2) is 0 Å². The van der Waals surface area contributed by atoms with Crippen molar-refractivity contribution in [2.45, 2.75) is 0 Å². The van der Waals surface area contributed by atoms with Crippen LogP contribution in [0, 0.1) is 0 Å². The third kappa shape index (κ3) is 2.66. The molecule has 0 amide bonds. The minimum Gasteiger partial charge on any atom is -0.464 e. The van der Waals surface area contributed by atoms with Crippen molar-refractivity contribution in [1.29, 1.82) is 0 Å². The molecule has 0 radical (unpaired) electrons. The molecule has 1 heteroatoms. The molecule has 92 valence electrons. The van der Waals surface area contributed by atoms with Crippen molar-refractivity contribution in [3.63, 3.8) is 0 Å². The van der Waals surface area contributed by atoms with E-state index in [4.69, 9.17) is 4.74 Å². The monoisotopic (exact) mass is 246 g/mol. The fraction of sp³-hybridized carbons (Fsp3) is 0. The first-order valence-corrected chi connectivity index (χ1v) is 6.29. The number of rotatable bonds is 3. The number of fused-ring (bicyclic) bond motifs is 1. The molecule has 19 heavy (non-hydrogen) atoms. The third-order valence-corrected chi connectivity index (χ3v) is 3.00. The molecule has 0 atom stereocenters. The Hall–Kier alpha value is -2.54. The van der Waals surface area contributed by atoms with E-state index >= 15 is 0 Å². The van der Waals surface area contributed by atoms with E-state index in [0.29, 0.717) is 0 Å². The van der Waals surface area contributed by atoms with Gasteiger partial charge in [0.05, 0.1) is 6.26 Å². The van der Waals surface area contributed by atoms with Gasteiger partial charge >= 0.3 is 0 Å². The molecule has 3 rings (SSSR count). The summed E-state index contributed by atoms with van der Waals surface area (Å²) >= 11 is 0. The van der Waals surface area contributed by atoms with Crippen molar-refractivity contribution in [1.82, 2.24) is 0 Å². The highest BCUT2D eigenvalue weighted by Crippen LogP contribution is 2.25. The summed E-state index contributed by atoms with van der Waals surface area (Å²) in [4.78, 5) is 0. The Morgan fingerprint density at radius 1 is 0.684 bits per heavy atom. The Balaban J connectivity index is 1.84. The van der Waals surface area contributed by atoms with E-state index in [-0.39, 0.29) is 0 Å². The predicted molar refractivity (Wildman–Crippen MR) is 80.1 cm³/mol. The van der Waals surface area contributed by atoms with Crippen molar-refractivity contribution in [3.05, 3.63) is 84.6 Å². The van der Waals surface area contributed by atoms with Crippen molar-refractivity contribution < 1.29 is 4.74 Å². The fourth-order valence-electron chi connectivity index (χ4n) is 2.05.